The molecule has 106 valence electrons. The molecular weight excluding hydrogens is 274 g/mol. The lowest BCUT2D eigenvalue weighted by atomic mass is 10.1. The summed E-state index contributed by atoms with van der Waals surface area (Å²) in [5, 5.41) is 11.3. The summed E-state index contributed by atoms with van der Waals surface area (Å²) >= 11 is 0. The lowest BCUT2D eigenvalue weighted by Crippen LogP contribution is -2.59. The number of hydrogen-bond donors (Lipinski definition) is 2. The van der Waals surface area contributed by atoms with Crippen LogP contribution in [0.2, 0.25) is 0 Å². The second kappa shape index (κ2) is 5.24. The van der Waals surface area contributed by atoms with E-state index >= 15 is 0 Å². The van der Waals surface area contributed by atoms with Crippen LogP contribution in [0.1, 0.15) is 10.4 Å². The summed E-state index contributed by atoms with van der Waals surface area (Å²) in [4.78, 5) is 35.2. The summed E-state index contributed by atoms with van der Waals surface area (Å²) in [5.74, 6) is -4.98. The van der Waals surface area contributed by atoms with E-state index in [0.717, 1.165) is 17.0 Å². The van der Waals surface area contributed by atoms with Crippen LogP contribution in [0.4, 0.5) is 8.78 Å². The van der Waals surface area contributed by atoms with Crippen molar-refractivity contribution < 1.29 is 28.3 Å². The van der Waals surface area contributed by atoms with Crippen LogP contribution in [-0.2, 0) is 9.59 Å². The Morgan fingerprint density at radius 2 is 2.00 bits per heavy atom. The Bertz CT molecular complexity index is 591. The monoisotopic (exact) mass is 284 g/mol. The van der Waals surface area contributed by atoms with Crippen molar-refractivity contribution in [1.82, 2.24) is 10.2 Å². The molecule has 2 N–H and O–H groups in total. The van der Waals surface area contributed by atoms with Gasteiger partial charge in [0.2, 0.25) is 5.91 Å². The van der Waals surface area contributed by atoms with Gasteiger partial charge in [-0.25, -0.2) is 13.6 Å². The van der Waals surface area contributed by atoms with E-state index in [-0.39, 0.29) is 12.1 Å². The van der Waals surface area contributed by atoms with E-state index in [2.05, 4.69) is 5.32 Å². The molecule has 0 aliphatic carbocycles. The molecule has 1 aliphatic rings. The highest BCUT2D eigenvalue weighted by atomic mass is 19.2. The third-order valence-electron chi connectivity index (χ3n) is 2.90. The first kappa shape index (κ1) is 13.9. The molecule has 0 aromatic heterocycles. The van der Waals surface area contributed by atoms with Gasteiger partial charge in [0.15, 0.2) is 11.6 Å². The topological polar surface area (TPSA) is 86.7 Å². The Morgan fingerprint density at radius 3 is 2.60 bits per heavy atom. The normalized spacial score (nSPS) is 18.6. The molecule has 1 aromatic rings. The zero-order valence-corrected chi connectivity index (χ0v) is 10.1. The van der Waals surface area contributed by atoms with Gasteiger partial charge < -0.3 is 15.3 Å². The maximum atomic E-state index is 13.1. The Morgan fingerprint density at radius 1 is 1.30 bits per heavy atom. The minimum absolute atomic E-state index is 0.218. The van der Waals surface area contributed by atoms with Gasteiger partial charge in [0, 0.05) is 12.1 Å². The standard InChI is InChI=1S/C12H10F2N2O4/c13-7-2-1-6(3-8(7)14)11(18)16-5-10(17)15-4-9(16)12(19)20/h1-3,9H,4-5H2,(H,15,17)(H,19,20). The molecule has 1 unspecified atom stereocenters. The molecule has 0 saturated carbocycles. The summed E-state index contributed by atoms with van der Waals surface area (Å²) < 4.78 is 25.9. The second-order valence-electron chi connectivity index (χ2n) is 4.22. The average molecular weight is 284 g/mol. The molecule has 1 atom stereocenters. The number of halogens is 2. The van der Waals surface area contributed by atoms with E-state index in [1.54, 1.807) is 0 Å². The number of nitrogens with one attached hydrogen (secondary N) is 1. The van der Waals surface area contributed by atoms with Crippen molar-refractivity contribution in [3.05, 3.63) is 35.4 Å². The minimum atomic E-state index is -1.29. The summed E-state index contributed by atoms with van der Waals surface area (Å²) in [6, 6.07) is 1.23. The van der Waals surface area contributed by atoms with Gasteiger partial charge in [-0.15, -0.1) is 0 Å². The largest absolute Gasteiger partial charge is 0.480 e. The SMILES string of the molecule is O=C1CN(C(=O)c2ccc(F)c(F)c2)C(C(=O)O)CN1. The molecule has 6 nitrogen and oxygen atoms in total. The van der Waals surface area contributed by atoms with E-state index in [0.29, 0.717) is 6.07 Å². The van der Waals surface area contributed by atoms with E-state index in [1.165, 1.54) is 0 Å². The number of carboxylic acids is 1. The van der Waals surface area contributed by atoms with Crippen LogP contribution < -0.4 is 5.32 Å². The van der Waals surface area contributed by atoms with Crippen LogP contribution in [0, 0.1) is 11.6 Å². The summed E-state index contributed by atoms with van der Waals surface area (Å²) in [5.41, 5.74) is -0.218. The van der Waals surface area contributed by atoms with Gasteiger partial charge in [0.05, 0.1) is 0 Å². The predicted octanol–water partition coefficient (Wildman–Crippen LogP) is -0.01000. The zero-order valence-electron chi connectivity index (χ0n) is 10.1. The first-order chi connectivity index (χ1) is 9.40. The maximum Gasteiger partial charge on any atom is 0.328 e. The highest BCUT2D eigenvalue weighted by Crippen LogP contribution is 2.14. The second-order valence-corrected chi connectivity index (χ2v) is 4.22. The van der Waals surface area contributed by atoms with Crippen LogP contribution in [0.3, 0.4) is 0 Å². The van der Waals surface area contributed by atoms with Crippen molar-refractivity contribution in [3.8, 4) is 0 Å². The molecule has 20 heavy (non-hydrogen) atoms. The van der Waals surface area contributed by atoms with Crippen LogP contribution in [0.25, 0.3) is 0 Å². The third kappa shape index (κ3) is 2.58. The van der Waals surface area contributed by atoms with Crippen molar-refractivity contribution in [1.29, 1.82) is 0 Å². The fourth-order valence-electron chi connectivity index (χ4n) is 1.87. The Balaban J connectivity index is 2.31. The van der Waals surface area contributed by atoms with E-state index in [9.17, 15) is 23.2 Å². The molecule has 2 rings (SSSR count). The number of carbonyl (C=O) groups is 3. The lowest BCUT2D eigenvalue weighted by molar-refractivity contribution is -0.144. The number of carbonyl (C=O) groups excluding carboxylic acids is 2. The number of rotatable bonds is 2. The zero-order chi connectivity index (χ0) is 14.9. The number of nitrogens with zero attached hydrogens (tertiary/aromatic N) is 1. The highest BCUT2D eigenvalue weighted by molar-refractivity contribution is 5.99. The molecule has 1 aliphatic heterocycles. The molecule has 0 bridgehead atoms. The molecule has 2 amide bonds. The summed E-state index contributed by atoms with van der Waals surface area (Å²) in [7, 11) is 0. The fourth-order valence-corrected chi connectivity index (χ4v) is 1.87. The smallest absolute Gasteiger partial charge is 0.328 e. The molecule has 0 radical (unpaired) electrons. The molecular formula is C12H10F2N2O4. The van der Waals surface area contributed by atoms with E-state index in [1.807, 2.05) is 0 Å². The predicted molar refractivity (Wildman–Crippen MR) is 61.8 cm³/mol. The molecule has 8 heteroatoms. The van der Waals surface area contributed by atoms with Crippen molar-refractivity contribution in [3.63, 3.8) is 0 Å². The maximum absolute atomic E-state index is 13.1. The van der Waals surface area contributed by atoms with Gasteiger partial charge in [-0.2, -0.15) is 0 Å². The van der Waals surface area contributed by atoms with Gasteiger partial charge in [0.1, 0.15) is 12.6 Å². The van der Waals surface area contributed by atoms with Gasteiger partial charge in [-0.05, 0) is 18.2 Å². The first-order valence-corrected chi connectivity index (χ1v) is 5.65. The average Bonchev–Trinajstić information content (AvgIpc) is 2.40. The van der Waals surface area contributed by atoms with Gasteiger partial charge in [-0.1, -0.05) is 0 Å². The van der Waals surface area contributed by atoms with E-state index in [4.69, 9.17) is 5.11 Å². The van der Waals surface area contributed by atoms with Gasteiger partial charge in [-0.3, -0.25) is 9.59 Å². The number of carboxylic acid groups (broad SMARTS) is 1. The Kier molecular flexibility index (Phi) is 3.64. The summed E-state index contributed by atoms with van der Waals surface area (Å²) in [6.07, 6.45) is 0. The summed E-state index contributed by atoms with van der Waals surface area (Å²) in [6.45, 7) is -0.682. The minimum Gasteiger partial charge on any atom is -0.480 e. The molecule has 1 aromatic carbocycles. The third-order valence-corrected chi connectivity index (χ3v) is 2.90. The van der Waals surface area contributed by atoms with Crippen molar-refractivity contribution in [2.45, 2.75) is 6.04 Å². The quantitative estimate of drug-likeness (QED) is 0.799. The van der Waals surface area contributed by atoms with Crippen molar-refractivity contribution >= 4 is 17.8 Å². The number of benzene rings is 1. The Labute approximate surface area is 112 Å². The van der Waals surface area contributed by atoms with Crippen LogP contribution in [0.15, 0.2) is 18.2 Å². The molecule has 1 fully saturated rings. The van der Waals surface area contributed by atoms with Gasteiger partial charge >= 0.3 is 5.97 Å². The number of aliphatic carboxylic acids is 1. The first-order valence-electron chi connectivity index (χ1n) is 5.65. The molecule has 1 heterocycles. The van der Waals surface area contributed by atoms with Crippen molar-refractivity contribution in [2.75, 3.05) is 13.1 Å². The fraction of sp³-hybridized carbons (Fsp3) is 0.250. The number of hydrogen-bond acceptors (Lipinski definition) is 3. The van der Waals surface area contributed by atoms with Crippen LogP contribution >= 0.6 is 0 Å². The van der Waals surface area contributed by atoms with Gasteiger partial charge in [0.25, 0.3) is 5.91 Å². The Hall–Kier alpha value is -2.51. The number of amides is 2. The number of piperazine rings is 1. The molecule has 0 spiro atoms. The van der Waals surface area contributed by atoms with E-state index < -0.39 is 42.0 Å². The molecule has 1 saturated heterocycles. The lowest BCUT2D eigenvalue weighted by Gasteiger charge is -2.32. The van der Waals surface area contributed by atoms with Crippen LogP contribution in [-0.4, -0.2) is 46.9 Å². The van der Waals surface area contributed by atoms with Crippen molar-refractivity contribution in [2.24, 2.45) is 0 Å². The highest BCUT2D eigenvalue weighted by Gasteiger charge is 2.35. The van der Waals surface area contributed by atoms with Crippen LogP contribution in [0.5, 0.6) is 0 Å².